The van der Waals surface area contributed by atoms with Gasteiger partial charge in [0.05, 0.1) is 6.85 Å². The van der Waals surface area contributed by atoms with E-state index in [4.69, 9.17) is 21.8 Å². The quantitative estimate of drug-likeness (QED) is 0.174. The maximum Gasteiger partial charge on any atom is 0.164 e. The normalized spacial score (nSPS) is 12.6. The highest BCUT2D eigenvalue weighted by molar-refractivity contribution is 5.96. The van der Waals surface area contributed by atoms with E-state index in [0.717, 1.165) is 54.9 Å². The Morgan fingerprint density at radius 2 is 0.796 bits per heavy atom. The van der Waals surface area contributed by atoms with Gasteiger partial charge in [-0.2, -0.15) is 0 Å². The average molecular weight is 693 g/mol. The van der Waals surface area contributed by atoms with Gasteiger partial charge in [0.1, 0.15) is 0 Å². The van der Waals surface area contributed by atoms with Crippen LogP contribution in [-0.2, 0) is 0 Å². The lowest BCUT2D eigenvalue weighted by Gasteiger charge is -2.14. The molecule has 3 heteroatoms. The Morgan fingerprint density at radius 1 is 0.296 bits per heavy atom. The molecule has 10 aromatic rings. The molecule has 10 rings (SSSR count). The van der Waals surface area contributed by atoms with Crippen molar-refractivity contribution in [3.63, 3.8) is 0 Å². The Balaban J connectivity index is 1.17. The molecule has 3 nitrogen and oxygen atoms in total. The molecule has 0 spiro atoms. The highest BCUT2D eigenvalue weighted by Gasteiger charge is 2.16. The minimum Gasteiger partial charge on any atom is -0.208 e. The molecule has 0 saturated carbocycles. The Hall–Kier alpha value is -7.23. The van der Waals surface area contributed by atoms with Crippen LogP contribution in [0.25, 0.3) is 99.9 Å². The second kappa shape index (κ2) is 13.4. The Morgan fingerprint density at radius 3 is 1.52 bits per heavy atom. The molecular weight excluding hydrogens is 655 g/mol. The number of fused-ring (bicyclic) bond motifs is 3. The summed E-state index contributed by atoms with van der Waals surface area (Å²) < 4.78 is 43.1. The molecule has 9 aromatic carbocycles. The molecule has 1 heterocycles. The third-order valence-electron chi connectivity index (χ3n) is 9.93. The predicted molar refractivity (Wildman–Crippen MR) is 225 cm³/mol. The zero-order valence-corrected chi connectivity index (χ0v) is 29.0. The molecule has 0 unspecified atom stereocenters. The Kier molecular flexibility index (Phi) is 6.58. The van der Waals surface area contributed by atoms with Crippen molar-refractivity contribution in [2.75, 3.05) is 0 Å². The summed E-state index contributed by atoms with van der Waals surface area (Å²) in [5.41, 5.74) is 6.75. The molecule has 0 bridgehead atoms. The smallest absolute Gasteiger partial charge is 0.164 e. The molecule has 0 saturated heterocycles. The van der Waals surface area contributed by atoms with Gasteiger partial charge in [-0.25, -0.2) is 15.0 Å². The van der Waals surface area contributed by atoms with E-state index in [2.05, 4.69) is 91.0 Å². The maximum absolute atomic E-state index is 8.92. The topological polar surface area (TPSA) is 38.7 Å². The fourth-order valence-corrected chi connectivity index (χ4v) is 7.20. The monoisotopic (exact) mass is 692 g/mol. The summed E-state index contributed by atoms with van der Waals surface area (Å²) in [6.45, 7) is 0. The van der Waals surface area contributed by atoms with Crippen molar-refractivity contribution in [2.24, 2.45) is 0 Å². The van der Waals surface area contributed by atoms with Crippen LogP contribution in [-0.4, -0.2) is 15.0 Å². The van der Waals surface area contributed by atoms with Crippen molar-refractivity contribution < 1.29 is 6.85 Å². The van der Waals surface area contributed by atoms with E-state index >= 15 is 0 Å². The summed E-state index contributed by atoms with van der Waals surface area (Å²) in [6, 6.07) is 55.4. The number of hydrogen-bond donors (Lipinski definition) is 0. The molecule has 0 N–H and O–H groups in total. The van der Waals surface area contributed by atoms with Crippen LogP contribution in [0.3, 0.4) is 0 Å². The second-order valence-electron chi connectivity index (χ2n) is 13.3. The van der Waals surface area contributed by atoms with Crippen LogP contribution in [0.5, 0.6) is 0 Å². The molecule has 0 radical (unpaired) electrons. The molecule has 54 heavy (non-hydrogen) atoms. The summed E-state index contributed by atoms with van der Waals surface area (Å²) in [4.78, 5) is 15.1. The van der Waals surface area contributed by atoms with E-state index in [-0.39, 0.29) is 17.6 Å². The molecule has 1 aromatic heterocycles. The lowest BCUT2D eigenvalue weighted by Crippen LogP contribution is -2.01. The van der Waals surface area contributed by atoms with Gasteiger partial charge in [-0.15, -0.1) is 0 Å². The molecule has 0 atom stereocenters. The van der Waals surface area contributed by atoms with Crippen molar-refractivity contribution in [1.82, 2.24) is 15.0 Å². The van der Waals surface area contributed by atoms with Crippen molar-refractivity contribution in [1.29, 1.82) is 0 Å². The number of nitrogens with zero attached hydrogens (tertiary/aromatic N) is 3. The zero-order chi connectivity index (χ0) is 40.2. The van der Waals surface area contributed by atoms with E-state index in [1.165, 1.54) is 10.8 Å². The van der Waals surface area contributed by atoms with Gasteiger partial charge < -0.3 is 0 Å². The molecule has 0 aliphatic rings. The van der Waals surface area contributed by atoms with Gasteiger partial charge in [0.25, 0.3) is 0 Å². The molecule has 0 aliphatic heterocycles. The molecular formula is C51H33N3. The maximum atomic E-state index is 8.92. The average Bonchev–Trinajstić information content (AvgIpc) is 3.29. The van der Waals surface area contributed by atoms with Crippen LogP contribution in [0, 0.1) is 0 Å². The first-order chi connectivity index (χ1) is 28.8. The predicted octanol–water partition coefficient (Wildman–Crippen LogP) is 13.3. The minimum atomic E-state index is -0.442. The number of rotatable bonds is 6. The van der Waals surface area contributed by atoms with Crippen LogP contribution >= 0.6 is 0 Å². The van der Waals surface area contributed by atoms with Crippen molar-refractivity contribution >= 4 is 32.3 Å². The number of aromatic nitrogens is 3. The van der Waals surface area contributed by atoms with E-state index in [0.29, 0.717) is 28.6 Å². The SMILES string of the molecule is [2H]c1c([2H])c([2H])c(-c2cc(-c3ccc4cc(-c5ccc6ccccc6c5)ccc4c3)cc(-c3nc(-c4ccccc4)nc(-c4cccc5ccccc45)n3)c2)c([2H])c1[2H]. The Bertz CT molecular complexity index is 3260. The van der Waals surface area contributed by atoms with Gasteiger partial charge in [-0.05, 0) is 102 Å². The largest absolute Gasteiger partial charge is 0.208 e. The number of benzene rings is 9. The fourth-order valence-electron chi connectivity index (χ4n) is 7.20. The Labute approximate surface area is 321 Å². The minimum absolute atomic E-state index is 0.103. The standard InChI is InChI=1S/C51H33N3/c1-3-12-34(13-4-1)44-31-45(43-27-26-41-29-40(24-25-42(41)30-43)39-23-22-35-14-7-8-18-38(35)28-39)33-46(32-44)50-52-49(37-16-5-2-6-17-37)53-51(54-50)48-21-11-19-36-15-9-10-20-47(36)48/h1-33H/i1D,3D,4D,12D,13D. The highest BCUT2D eigenvalue weighted by atomic mass is 15.0. The van der Waals surface area contributed by atoms with Gasteiger partial charge >= 0.3 is 0 Å². The van der Waals surface area contributed by atoms with Gasteiger partial charge in [0.2, 0.25) is 0 Å². The second-order valence-corrected chi connectivity index (χ2v) is 13.3. The first-order valence-corrected chi connectivity index (χ1v) is 17.8. The highest BCUT2D eigenvalue weighted by Crippen LogP contribution is 2.36. The third-order valence-corrected chi connectivity index (χ3v) is 9.93. The van der Waals surface area contributed by atoms with E-state index in [9.17, 15) is 0 Å². The van der Waals surface area contributed by atoms with Crippen LogP contribution in [0.4, 0.5) is 0 Å². The summed E-state index contributed by atoms with van der Waals surface area (Å²) in [5.74, 6) is 1.37. The third kappa shape index (κ3) is 5.98. The first-order valence-electron chi connectivity index (χ1n) is 20.3. The molecule has 0 fully saturated rings. The summed E-state index contributed by atoms with van der Waals surface area (Å²) in [6.07, 6.45) is 0. The van der Waals surface area contributed by atoms with Crippen molar-refractivity contribution in [3.8, 4) is 67.5 Å². The van der Waals surface area contributed by atoms with E-state index in [1.807, 2.05) is 78.9 Å². The van der Waals surface area contributed by atoms with Crippen LogP contribution in [0.2, 0.25) is 0 Å². The van der Waals surface area contributed by atoms with E-state index in [1.54, 1.807) is 0 Å². The number of hydrogen-bond acceptors (Lipinski definition) is 3. The lowest BCUT2D eigenvalue weighted by molar-refractivity contribution is 1.08. The van der Waals surface area contributed by atoms with Crippen molar-refractivity contribution in [3.05, 3.63) is 200 Å². The zero-order valence-electron chi connectivity index (χ0n) is 34.0. The van der Waals surface area contributed by atoms with Gasteiger partial charge in [-0.3, -0.25) is 0 Å². The van der Waals surface area contributed by atoms with Crippen LogP contribution in [0.15, 0.2) is 200 Å². The lowest BCUT2D eigenvalue weighted by atomic mass is 9.93. The summed E-state index contributed by atoms with van der Waals surface area (Å²) >= 11 is 0. The van der Waals surface area contributed by atoms with Gasteiger partial charge in [0.15, 0.2) is 17.5 Å². The summed E-state index contributed by atoms with van der Waals surface area (Å²) in [7, 11) is 0. The summed E-state index contributed by atoms with van der Waals surface area (Å²) in [5, 5.41) is 6.55. The van der Waals surface area contributed by atoms with Crippen LogP contribution < -0.4 is 0 Å². The fraction of sp³-hybridized carbons (Fsp3) is 0. The first kappa shape index (κ1) is 26.5. The molecule has 0 amide bonds. The van der Waals surface area contributed by atoms with Crippen LogP contribution in [0.1, 0.15) is 6.85 Å². The molecule has 0 aliphatic carbocycles. The van der Waals surface area contributed by atoms with E-state index < -0.39 is 18.1 Å². The van der Waals surface area contributed by atoms with Crippen molar-refractivity contribution in [2.45, 2.75) is 0 Å². The van der Waals surface area contributed by atoms with Gasteiger partial charge in [-0.1, -0.05) is 164 Å². The van der Waals surface area contributed by atoms with Gasteiger partial charge in [0, 0.05) is 16.7 Å². The molecule has 252 valence electrons.